The van der Waals surface area contributed by atoms with Crippen molar-refractivity contribution in [3.63, 3.8) is 0 Å². The van der Waals surface area contributed by atoms with Crippen molar-refractivity contribution in [1.82, 2.24) is 9.88 Å². The van der Waals surface area contributed by atoms with Crippen LogP contribution in [0.2, 0.25) is 5.02 Å². The number of amides is 1. The summed E-state index contributed by atoms with van der Waals surface area (Å²) in [5, 5.41) is 3.59. The zero-order chi connectivity index (χ0) is 22.6. The Bertz CT molecular complexity index is 1260. The van der Waals surface area contributed by atoms with Crippen molar-refractivity contribution in [2.24, 2.45) is 0 Å². The van der Waals surface area contributed by atoms with Crippen molar-refractivity contribution >= 4 is 55.0 Å². The van der Waals surface area contributed by atoms with Crippen molar-refractivity contribution in [2.45, 2.75) is 12.8 Å². The predicted octanol–water partition coefficient (Wildman–Crippen LogP) is 5.40. The molecule has 170 valence electrons. The standard InChI is InChI=1S/C26H26ClN3O2S/c27-22-10-4-11-23-25(22)28-26(33-23)30(13-5-12-29-14-16-32-17-15-29)24(31)18-20-8-3-7-19-6-1-2-9-21(19)20/h1-4,6-11H,5,12-18H2. The maximum absolute atomic E-state index is 13.6. The minimum absolute atomic E-state index is 0.0588. The first-order chi connectivity index (χ1) is 16.2. The molecular formula is C26H26ClN3O2S. The number of hydrogen-bond acceptors (Lipinski definition) is 5. The summed E-state index contributed by atoms with van der Waals surface area (Å²) >= 11 is 7.90. The highest BCUT2D eigenvalue weighted by atomic mass is 35.5. The van der Waals surface area contributed by atoms with Crippen LogP contribution in [0.25, 0.3) is 21.0 Å². The number of carbonyl (C=O) groups excluding carboxylic acids is 1. The Labute approximate surface area is 202 Å². The number of fused-ring (bicyclic) bond motifs is 2. The lowest BCUT2D eigenvalue weighted by Crippen LogP contribution is -2.39. The van der Waals surface area contributed by atoms with Crippen molar-refractivity contribution in [3.8, 4) is 0 Å². The number of morpholine rings is 1. The number of benzene rings is 3. The molecular weight excluding hydrogens is 454 g/mol. The molecule has 0 N–H and O–H groups in total. The molecule has 5 nitrogen and oxygen atoms in total. The summed E-state index contributed by atoms with van der Waals surface area (Å²) in [6.07, 6.45) is 1.22. The number of aromatic nitrogens is 1. The Balaban J connectivity index is 1.40. The van der Waals surface area contributed by atoms with Gasteiger partial charge in [-0.3, -0.25) is 14.6 Å². The molecule has 1 aliphatic heterocycles. The molecule has 1 amide bonds. The van der Waals surface area contributed by atoms with E-state index in [9.17, 15) is 4.79 Å². The Hall–Kier alpha value is -2.51. The van der Waals surface area contributed by atoms with Gasteiger partial charge in [-0.15, -0.1) is 0 Å². The second-order valence-electron chi connectivity index (χ2n) is 8.25. The lowest BCUT2D eigenvalue weighted by atomic mass is 10.0. The first kappa shape index (κ1) is 22.3. The predicted molar refractivity (Wildman–Crippen MR) is 137 cm³/mol. The van der Waals surface area contributed by atoms with Crippen molar-refractivity contribution < 1.29 is 9.53 Å². The number of rotatable bonds is 7. The SMILES string of the molecule is O=C(Cc1cccc2ccccc12)N(CCCN1CCOCC1)c1nc2c(Cl)cccc2s1. The molecule has 0 aliphatic carbocycles. The largest absolute Gasteiger partial charge is 0.379 e. The number of ether oxygens (including phenoxy) is 1. The van der Waals surface area contributed by atoms with E-state index in [1.807, 2.05) is 47.4 Å². The van der Waals surface area contributed by atoms with Crippen LogP contribution in [-0.4, -0.2) is 55.2 Å². The monoisotopic (exact) mass is 479 g/mol. The van der Waals surface area contributed by atoms with Crippen LogP contribution in [0.1, 0.15) is 12.0 Å². The number of nitrogens with zero attached hydrogens (tertiary/aromatic N) is 3. The molecule has 3 aromatic carbocycles. The fourth-order valence-electron chi connectivity index (χ4n) is 4.33. The fraction of sp³-hybridized carbons (Fsp3) is 0.308. The summed E-state index contributed by atoms with van der Waals surface area (Å²) in [6.45, 7) is 5.01. The molecule has 0 radical (unpaired) electrons. The number of para-hydroxylation sites is 1. The smallest absolute Gasteiger partial charge is 0.233 e. The zero-order valence-electron chi connectivity index (χ0n) is 18.4. The topological polar surface area (TPSA) is 45.7 Å². The van der Waals surface area contributed by atoms with Crippen molar-refractivity contribution in [1.29, 1.82) is 0 Å². The molecule has 4 aromatic rings. The average Bonchev–Trinajstić information content (AvgIpc) is 3.28. The third-order valence-corrected chi connectivity index (χ3v) is 7.42. The molecule has 1 aromatic heterocycles. The van der Waals surface area contributed by atoms with Gasteiger partial charge in [-0.2, -0.15) is 0 Å². The van der Waals surface area contributed by atoms with Crippen LogP contribution in [-0.2, 0) is 16.0 Å². The van der Waals surface area contributed by atoms with E-state index in [0.29, 0.717) is 23.1 Å². The molecule has 0 bridgehead atoms. The van der Waals surface area contributed by atoms with Crippen molar-refractivity contribution in [2.75, 3.05) is 44.3 Å². The highest BCUT2D eigenvalue weighted by Gasteiger charge is 2.22. The third-order valence-electron chi connectivity index (χ3n) is 6.07. The quantitative estimate of drug-likeness (QED) is 0.356. The van der Waals surface area contributed by atoms with Gasteiger partial charge < -0.3 is 4.74 Å². The summed E-state index contributed by atoms with van der Waals surface area (Å²) in [7, 11) is 0. The van der Waals surface area contributed by atoms with Gasteiger partial charge in [0.2, 0.25) is 5.91 Å². The summed E-state index contributed by atoms with van der Waals surface area (Å²) in [5.74, 6) is 0.0588. The van der Waals surface area contributed by atoms with Gasteiger partial charge >= 0.3 is 0 Å². The lowest BCUT2D eigenvalue weighted by molar-refractivity contribution is -0.118. The Morgan fingerprint density at radius 1 is 1.06 bits per heavy atom. The number of anilines is 1. The number of halogens is 1. The van der Waals surface area contributed by atoms with E-state index in [-0.39, 0.29) is 5.91 Å². The van der Waals surface area contributed by atoms with Gasteiger partial charge in [0.1, 0.15) is 5.52 Å². The number of carbonyl (C=O) groups is 1. The Morgan fingerprint density at radius 3 is 2.70 bits per heavy atom. The molecule has 0 saturated carbocycles. The van der Waals surface area contributed by atoms with Crippen LogP contribution >= 0.6 is 22.9 Å². The molecule has 1 saturated heterocycles. The summed E-state index contributed by atoms with van der Waals surface area (Å²) < 4.78 is 6.45. The van der Waals surface area contributed by atoms with Crippen LogP contribution in [0.5, 0.6) is 0 Å². The average molecular weight is 480 g/mol. The molecule has 2 heterocycles. The Kier molecular flexibility index (Phi) is 6.88. The van der Waals surface area contributed by atoms with Crippen LogP contribution in [0.15, 0.2) is 60.7 Å². The molecule has 33 heavy (non-hydrogen) atoms. The second-order valence-corrected chi connectivity index (χ2v) is 9.67. The Morgan fingerprint density at radius 2 is 1.85 bits per heavy atom. The van der Waals surface area contributed by atoms with Gasteiger partial charge in [0.15, 0.2) is 5.13 Å². The van der Waals surface area contributed by atoms with Gasteiger partial charge in [-0.1, -0.05) is 71.5 Å². The molecule has 0 unspecified atom stereocenters. The summed E-state index contributed by atoms with van der Waals surface area (Å²) in [4.78, 5) is 22.6. The molecule has 0 spiro atoms. The molecule has 7 heteroatoms. The van der Waals surface area contributed by atoms with E-state index in [0.717, 1.165) is 65.8 Å². The van der Waals surface area contributed by atoms with E-state index < -0.39 is 0 Å². The summed E-state index contributed by atoms with van der Waals surface area (Å²) in [5.41, 5.74) is 1.80. The van der Waals surface area contributed by atoms with Gasteiger partial charge in [-0.05, 0) is 34.9 Å². The first-order valence-corrected chi connectivity index (χ1v) is 12.5. The maximum atomic E-state index is 13.6. The van der Waals surface area contributed by atoms with E-state index in [1.165, 1.54) is 11.3 Å². The fourth-order valence-corrected chi connectivity index (χ4v) is 5.64. The van der Waals surface area contributed by atoms with Crippen LogP contribution < -0.4 is 4.90 Å². The normalized spacial score (nSPS) is 14.7. The van der Waals surface area contributed by atoms with Gasteiger partial charge in [0.25, 0.3) is 0 Å². The van der Waals surface area contributed by atoms with Crippen LogP contribution in [0.3, 0.4) is 0 Å². The first-order valence-electron chi connectivity index (χ1n) is 11.3. The van der Waals surface area contributed by atoms with Gasteiger partial charge in [-0.25, -0.2) is 4.98 Å². The number of hydrogen-bond donors (Lipinski definition) is 0. The molecule has 1 aliphatic rings. The zero-order valence-corrected chi connectivity index (χ0v) is 19.9. The maximum Gasteiger partial charge on any atom is 0.233 e. The number of thiazole rings is 1. The molecule has 0 atom stereocenters. The van der Waals surface area contributed by atoms with E-state index in [4.69, 9.17) is 21.3 Å². The van der Waals surface area contributed by atoms with Crippen LogP contribution in [0, 0.1) is 0 Å². The van der Waals surface area contributed by atoms with E-state index >= 15 is 0 Å². The van der Waals surface area contributed by atoms with E-state index in [1.54, 1.807) is 0 Å². The lowest BCUT2D eigenvalue weighted by Gasteiger charge is -2.27. The van der Waals surface area contributed by atoms with Crippen molar-refractivity contribution in [3.05, 3.63) is 71.2 Å². The highest BCUT2D eigenvalue weighted by molar-refractivity contribution is 7.22. The minimum atomic E-state index is 0.0588. The van der Waals surface area contributed by atoms with Gasteiger partial charge in [0.05, 0.1) is 29.4 Å². The summed E-state index contributed by atoms with van der Waals surface area (Å²) in [6, 6.07) is 20.1. The third kappa shape index (κ3) is 5.04. The van der Waals surface area contributed by atoms with E-state index in [2.05, 4.69) is 23.1 Å². The minimum Gasteiger partial charge on any atom is -0.379 e. The van der Waals surface area contributed by atoms with Gasteiger partial charge in [0, 0.05) is 26.2 Å². The highest BCUT2D eigenvalue weighted by Crippen LogP contribution is 2.33. The molecule has 1 fully saturated rings. The van der Waals surface area contributed by atoms with Crippen LogP contribution in [0.4, 0.5) is 5.13 Å². The second kappa shape index (κ2) is 10.2. The molecule has 5 rings (SSSR count).